The molecule has 0 unspecified atom stereocenters. The third kappa shape index (κ3) is 3.72. The first-order valence-electron chi connectivity index (χ1n) is 5.14. The molecule has 0 spiro atoms. The quantitative estimate of drug-likeness (QED) is 0.595. The van der Waals surface area contributed by atoms with Crippen molar-refractivity contribution in [3.05, 3.63) is 29.3 Å². The Morgan fingerprint density at radius 3 is 2.57 bits per heavy atom. The Balaban J connectivity index is 2.39. The Labute approximate surface area is 91.1 Å². The fraction of sp³-hybridized carbons (Fsp3) is 0.500. The third-order valence-electron chi connectivity index (χ3n) is 2.35. The van der Waals surface area contributed by atoms with Crippen molar-refractivity contribution in [2.75, 3.05) is 12.3 Å². The van der Waals surface area contributed by atoms with Gasteiger partial charge >= 0.3 is 0 Å². The SMILES string of the molecule is Cc1ccc(SCCCCN)cc1C. The van der Waals surface area contributed by atoms with Crippen LogP contribution in [0.25, 0.3) is 0 Å². The van der Waals surface area contributed by atoms with Crippen LogP contribution in [0.5, 0.6) is 0 Å². The van der Waals surface area contributed by atoms with Gasteiger partial charge in [0.15, 0.2) is 0 Å². The van der Waals surface area contributed by atoms with Gasteiger partial charge in [0.25, 0.3) is 0 Å². The van der Waals surface area contributed by atoms with E-state index in [1.165, 1.54) is 28.2 Å². The molecule has 78 valence electrons. The van der Waals surface area contributed by atoms with Crippen molar-refractivity contribution in [1.82, 2.24) is 0 Å². The molecule has 0 heterocycles. The summed E-state index contributed by atoms with van der Waals surface area (Å²) >= 11 is 1.93. The lowest BCUT2D eigenvalue weighted by atomic mass is 10.1. The zero-order valence-electron chi connectivity index (χ0n) is 9.05. The molecule has 14 heavy (non-hydrogen) atoms. The van der Waals surface area contributed by atoms with E-state index in [1.807, 2.05) is 11.8 Å². The molecule has 0 aliphatic carbocycles. The second-order valence-corrected chi connectivity index (χ2v) is 4.76. The minimum atomic E-state index is 0.813. The molecule has 1 rings (SSSR count). The van der Waals surface area contributed by atoms with Gasteiger partial charge in [-0.1, -0.05) is 6.07 Å². The minimum Gasteiger partial charge on any atom is -0.330 e. The van der Waals surface area contributed by atoms with Gasteiger partial charge in [0.05, 0.1) is 0 Å². The highest BCUT2D eigenvalue weighted by molar-refractivity contribution is 7.99. The lowest BCUT2D eigenvalue weighted by Crippen LogP contribution is -1.98. The van der Waals surface area contributed by atoms with Crippen LogP contribution in [0.1, 0.15) is 24.0 Å². The van der Waals surface area contributed by atoms with E-state index in [9.17, 15) is 0 Å². The molecular formula is C12H19NS. The van der Waals surface area contributed by atoms with E-state index in [4.69, 9.17) is 5.73 Å². The van der Waals surface area contributed by atoms with Crippen LogP contribution in [-0.4, -0.2) is 12.3 Å². The molecule has 0 aromatic heterocycles. The molecule has 1 aromatic carbocycles. The largest absolute Gasteiger partial charge is 0.330 e. The zero-order valence-corrected chi connectivity index (χ0v) is 9.86. The predicted molar refractivity (Wildman–Crippen MR) is 64.9 cm³/mol. The summed E-state index contributed by atoms with van der Waals surface area (Å²) < 4.78 is 0. The fourth-order valence-electron chi connectivity index (χ4n) is 1.24. The molecule has 0 amide bonds. The van der Waals surface area contributed by atoms with E-state index in [2.05, 4.69) is 32.0 Å². The minimum absolute atomic E-state index is 0.813. The molecule has 0 fully saturated rings. The molecular weight excluding hydrogens is 190 g/mol. The van der Waals surface area contributed by atoms with Gasteiger partial charge in [0.1, 0.15) is 0 Å². The molecule has 0 aliphatic rings. The first-order chi connectivity index (χ1) is 6.74. The van der Waals surface area contributed by atoms with Crippen LogP contribution in [0.3, 0.4) is 0 Å². The Morgan fingerprint density at radius 2 is 1.93 bits per heavy atom. The van der Waals surface area contributed by atoms with Crippen LogP contribution in [0.4, 0.5) is 0 Å². The maximum atomic E-state index is 5.44. The van der Waals surface area contributed by atoms with Crippen LogP contribution < -0.4 is 5.73 Å². The van der Waals surface area contributed by atoms with Crippen LogP contribution >= 0.6 is 11.8 Å². The Bertz CT molecular complexity index is 284. The highest BCUT2D eigenvalue weighted by Gasteiger charge is 1.96. The topological polar surface area (TPSA) is 26.0 Å². The van der Waals surface area contributed by atoms with Gasteiger partial charge in [-0.3, -0.25) is 0 Å². The van der Waals surface area contributed by atoms with E-state index in [-0.39, 0.29) is 0 Å². The Hall–Kier alpha value is -0.470. The molecule has 1 aromatic rings. The summed E-state index contributed by atoms with van der Waals surface area (Å²) in [4.78, 5) is 1.38. The lowest BCUT2D eigenvalue weighted by molar-refractivity contribution is 0.814. The smallest absolute Gasteiger partial charge is 0.00747 e. The Kier molecular flexibility index (Phi) is 5.05. The molecule has 1 nitrogen and oxygen atoms in total. The number of aryl methyl sites for hydroxylation is 2. The van der Waals surface area contributed by atoms with Gasteiger partial charge in [-0.15, -0.1) is 11.8 Å². The molecule has 0 aliphatic heterocycles. The lowest BCUT2D eigenvalue weighted by Gasteiger charge is -2.04. The number of benzene rings is 1. The number of nitrogens with two attached hydrogens (primary N) is 1. The first kappa shape index (κ1) is 11.6. The standard InChI is InChI=1S/C12H19NS/c1-10-5-6-12(9-11(10)2)14-8-4-3-7-13/h5-6,9H,3-4,7-8,13H2,1-2H3. The molecule has 0 saturated heterocycles. The van der Waals surface area contributed by atoms with Crippen molar-refractivity contribution < 1.29 is 0 Å². The zero-order chi connectivity index (χ0) is 10.4. The van der Waals surface area contributed by atoms with Crippen LogP contribution in [0, 0.1) is 13.8 Å². The van der Waals surface area contributed by atoms with Crippen molar-refractivity contribution in [3.8, 4) is 0 Å². The molecule has 0 radical (unpaired) electrons. The number of hydrogen-bond donors (Lipinski definition) is 1. The van der Waals surface area contributed by atoms with E-state index >= 15 is 0 Å². The maximum absolute atomic E-state index is 5.44. The normalized spacial score (nSPS) is 10.5. The van der Waals surface area contributed by atoms with Crippen molar-refractivity contribution >= 4 is 11.8 Å². The summed E-state index contributed by atoms with van der Waals surface area (Å²) in [5, 5.41) is 0. The highest BCUT2D eigenvalue weighted by atomic mass is 32.2. The van der Waals surface area contributed by atoms with Crippen molar-refractivity contribution in [2.24, 2.45) is 5.73 Å². The van der Waals surface area contributed by atoms with Crippen molar-refractivity contribution in [3.63, 3.8) is 0 Å². The van der Waals surface area contributed by atoms with Gasteiger partial charge < -0.3 is 5.73 Å². The second-order valence-electron chi connectivity index (χ2n) is 3.59. The average Bonchev–Trinajstić information content (AvgIpc) is 2.18. The third-order valence-corrected chi connectivity index (χ3v) is 3.43. The van der Waals surface area contributed by atoms with Crippen molar-refractivity contribution in [2.45, 2.75) is 31.6 Å². The first-order valence-corrected chi connectivity index (χ1v) is 6.12. The van der Waals surface area contributed by atoms with Gasteiger partial charge in [-0.25, -0.2) is 0 Å². The van der Waals surface area contributed by atoms with E-state index < -0.39 is 0 Å². The van der Waals surface area contributed by atoms with Crippen molar-refractivity contribution in [1.29, 1.82) is 0 Å². The van der Waals surface area contributed by atoms with Crippen LogP contribution in [-0.2, 0) is 0 Å². The highest BCUT2D eigenvalue weighted by Crippen LogP contribution is 2.21. The molecule has 2 N–H and O–H groups in total. The number of unbranched alkanes of at least 4 members (excludes halogenated alkanes) is 1. The number of rotatable bonds is 5. The summed E-state index contributed by atoms with van der Waals surface area (Å²) in [7, 11) is 0. The summed E-state index contributed by atoms with van der Waals surface area (Å²) in [6.45, 7) is 5.13. The number of thioether (sulfide) groups is 1. The van der Waals surface area contributed by atoms with Gasteiger partial charge in [-0.2, -0.15) is 0 Å². The molecule has 0 bridgehead atoms. The van der Waals surface area contributed by atoms with Gasteiger partial charge in [0, 0.05) is 4.90 Å². The van der Waals surface area contributed by atoms with Gasteiger partial charge in [0.2, 0.25) is 0 Å². The predicted octanol–water partition coefficient (Wildman–Crippen LogP) is 3.13. The van der Waals surface area contributed by atoms with E-state index in [0.29, 0.717) is 0 Å². The van der Waals surface area contributed by atoms with E-state index in [0.717, 1.165) is 13.0 Å². The maximum Gasteiger partial charge on any atom is 0.00747 e. The van der Waals surface area contributed by atoms with E-state index in [1.54, 1.807) is 0 Å². The summed E-state index contributed by atoms with van der Waals surface area (Å²) in [6.07, 6.45) is 2.35. The fourth-order valence-corrected chi connectivity index (χ4v) is 2.25. The summed E-state index contributed by atoms with van der Waals surface area (Å²) in [5.41, 5.74) is 8.20. The Morgan fingerprint density at radius 1 is 1.14 bits per heavy atom. The monoisotopic (exact) mass is 209 g/mol. The van der Waals surface area contributed by atoms with Crippen LogP contribution in [0.2, 0.25) is 0 Å². The second kappa shape index (κ2) is 6.10. The molecule has 0 atom stereocenters. The summed E-state index contributed by atoms with van der Waals surface area (Å²) in [5.74, 6) is 1.18. The molecule has 2 heteroatoms. The van der Waals surface area contributed by atoms with Gasteiger partial charge in [-0.05, 0) is 62.2 Å². The summed E-state index contributed by atoms with van der Waals surface area (Å²) in [6, 6.07) is 6.67. The number of hydrogen-bond acceptors (Lipinski definition) is 2. The average molecular weight is 209 g/mol. The molecule has 0 saturated carbocycles. The van der Waals surface area contributed by atoms with Crippen LogP contribution in [0.15, 0.2) is 23.1 Å².